The number of piperazine rings is 1. The van der Waals surface area contributed by atoms with Gasteiger partial charge in [-0.05, 0) is 37.5 Å². The molecule has 3 rings (SSSR count). The summed E-state index contributed by atoms with van der Waals surface area (Å²) in [7, 11) is 0. The molecule has 0 saturated carbocycles. The average molecular weight is 288 g/mol. The number of halogens is 1. The summed E-state index contributed by atoms with van der Waals surface area (Å²) in [6.07, 6.45) is 6.29. The Morgan fingerprint density at radius 1 is 1.33 bits per heavy atom. The van der Waals surface area contributed by atoms with Gasteiger partial charge in [0, 0.05) is 25.7 Å². The number of nitrogens with zero attached hydrogens (tertiary/aromatic N) is 2. The molecule has 2 heterocycles. The minimum Gasteiger partial charge on any atom is -0.337 e. The lowest BCUT2D eigenvalue weighted by molar-refractivity contribution is -0.142. The molecular weight excluding hydrogens is 267 g/mol. The van der Waals surface area contributed by atoms with Crippen LogP contribution in [0.15, 0.2) is 30.3 Å². The third-order valence-electron chi connectivity index (χ3n) is 4.53. The van der Waals surface area contributed by atoms with Crippen molar-refractivity contribution in [2.75, 3.05) is 19.6 Å². The van der Waals surface area contributed by atoms with Crippen molar-refractivity contribution in [3.63, 3.8) is 0 Å². The van der Waals surface area contributed by atoms with Crippen molar-refractivity contribution < 1.29 is 9.18 Å². The third kappa shape index (κ3) is 3.00. The highest BCUT2D eigenvalue weighted by atomic mass is 19.1. The van der Waals surface area contributed by atoms with E-state index in [2.05, 4.69) is 11.0 Å². The number of carbonyl (C=O) groups is 1. The van der Waals surface area contributed by atoms with Gasteiger partial charge < -0.3 is 4.90 Å². The number of benzene rings is 1. The molecule has 4 heteroatoms. The fourth-order valence-corrected chi connectivity index (χ4v) is 3.27. The second-order valence-electron chi connectivity index (χ2n) is 5.91. The zero-order valence-corrected chi connectivity index (χ0v) is 12.3. The molecule has 0 aliphatic carbocycles. The van der Waals surface area contributed by atoms with E-state index >= 15 is 0 Å². The second-order valence-corrected chi connectivity index (χ2v) is 5.91. The number of rotatable bonds is 3. The van der Waals surface area contributed by atoms with Crippen LogP contribution in [0.1, 0.15) is 25.3 Å². The highest BCUT2D eigenvalue weighted by Gasteiger charge is 2.39. The first-order valence-electron chi connectivity index (χ1n) is 7.62. The Kier molecular flexibility index (Phi) is 4.06. The lowest BCUT2D eigenvalue weighted by Gasteiger charge is -2.41. The van der Waals surface area contributed by atoms with Gasteiger partial charge in [-0.2, -0.15) is 0 Å². The average Bonchev–Trinajstić information content (AvgIpc) is 2.95. The van der Waals surface area contributed by atoms with Crippen molar-refractivity contribution in [3.8, 4) is 0 Å². The van der Waals surface area contributed by atoms with Crippen LogP contribution in [-0.2, 0) is 4.79 Å². The van der Waals surface area contributed by atoms with Gasteiger partial charge in [0.2, 0.25) is 5.91 Å². The lowest BCUT2D eigenvalue weighted by Crippen LogP contribution is -2.58. The van der Waals surface area contributed by atoms with Gasteiger partial charge in [0.1, 0.15) is 5.82 Å². The molecule has 2 saturated heterocycles. The van der Waals surface area contributed by atoms with E-state index in [0.717, 1.165) is 38.0 Å². The number of amides is 1. The van der Waals surface area contributed by atoms with Gasteiger partial charge in [-0.25, -0.2) is 4.39 Å². The van der Waals surface area contributed by atoms with Crippen LogP contribution in [-0.4, -0.2) is 47.4 Å². The minimum atomic E-state index is -0.219. The van der Waals surface area contributed by atoms with Gasteiger partial charge in [-0.3, -0.25) is 9.69 Å². The molecule has 2 aliphatic heterocycles. The maximum atomic E-state index is 12.8. The first kappa shape index (κ1) is 14.3. The number of fused-ring (bicyclic) bond motifs is 1. The summed E-state index contributed by atoms with van der Waals surface area (Å²) in [6, 6.07) is 6.79. The second kappa shape index (κ2) is 5.98. The van der Waals surface area contributed by atoms with E-state index in [9.17, 15) is 9.18 Å². The summed E-state index contributed by atoms with van der Waals surface area (Å²) in [5.41, 5.74) is 0.981. The van der Waals surface area contributed by atoms with Gasteiger partial charge in [0.25, 0.3) is 0 Å². The van der Waals surface area contributed by atoms with Crippen LogP contribution in [0.5, 0.6) is 0 Å². The summed E-state index contributed by atoms with van der Waals surface area (Å²) in [6.45, 7) is 4.63. The largest absolute Gasteiger partial charge is 0.337 e. The molecule has 1 aromatic rings. The monoisotopic (exact) mass is 288 g/mol. The van der Waals surface area contributed by atoms with Gasteiger partial charge >= 0.3 is 0 Å². The third-order valence-corrected chi connectivity index (χ3v) is 4.53. The van der Waals surface area contributed by atoms with Gasteiger partial charge in [-0.15, -0.1) is 0 Å². The van der Waals surface area contributed by atoms with Crippen molar-refractivity contribution >= 4 is 12.0 Å². The molecule has 0 N–H and O–H groups in total. The topological polar surface area (TPSA) is 23.6 Å². The molecular formula is C17H21FN2O. The Labute approximate surface area is 125 Å². The van der Waals surface area contributed by atoms with E-state index in [0.29, 0.717) is 6.04 Å². The van der Waals surface area contributed by atoms with E-state index in [1.165, 1.54) is 12.1 Å². The minimum absolute atomic E-state index is 0.0442. The molecule has 1 aromatic carbocycles. The normalized spacial score (nSPS) is 26.6. The van der Waals surface area contributed by atoms with Crippen LogP contribution in [0.2, 0.25) is 0 Å². The van der Waals surface area contributed by atoms with Crippen molar-refractivity contribution in [2.24, 2.45) is 0 Å². The molecule has 0 spiro atoms. The van der Waals surface area contributed by atoms with Gasteiger partial charge in [0.05, 0.1) is 6.04 Å². The molecule has 2 aliphatic rings. The Hall–Kier alpha value is -1.68. The van der Waals surface area contributed by atoms with Crippen molar-refractivity contribution in [1.29, 1.82) is 0 Å². The maximum absolute atomic E-state index is 12.8. The smallest absolute Gasteiger partial charge is 0.239 e. The lowest BCUT2D eigenvalue weighted by atomic mass is 10.1. The highest BCUT2D eigenvalue weighted by molar-refractivity contribution is 5.83. The van der Waals surface area contributed by atoms with E-state index in [1.807, 2.05) is 17.9 Å². The zero-order chi connectivity index (χ0) is 14.8. The fraction of sp³-hybridized carbons (Fsp3) is 0.471. The fourth-order valence-electron chi connectivity index (χ4n) is 3.27. The van der Waals surface area contributed by atoms with Crippen molar-refractivity contribution in [1.82, 2.24) is 9.80 Å². The molecule has 3 nitrogen and oxygen atoms in total. The molecule has 112 valence electrons. The molecule has 0 bridgehead atoms. The molecule has 0 aromatic heterocycles. The zero-order valence-electron chi connectivity index (χ0n) is 12.3. The Morgan fingerprint density at radius 3 is 2.86 bits per heavy atom. The van der Waals surface area contributed by atoms with Crippen LogP contribution in [0.4, 0.5) is 4.39 Å². The summed E-state index contributed by atoms with van der Waals surface area (Å²) in [5, 5.41) is 0. The van der Waals surface area contributed by atoms with Crippen LogP contribution in [0.3, 0.4) is 0 Å². The first-order chi connectivity index (χ1) is 10.1. The van der Waals surface area contributed by atoms with Crippen molar-refractivity contribution in [3.05, 3.63) is 41.7 Å². The summed E-state index contributed by atoms with van der Waals surface area (Å²) >= 11 is 0. The number of carbonyl (C=O) groups excluding carboxylic acids is 1. The quantitative estimate of drug-likeness (QED) is 0.853. The van der Waals surface area contributed by atoms with Gasteiger partial charge in [0.15, 0.2) is 0 Å². The van der Waals surface area contributed by atoms with Crippen LogP contribution in [0, 0.1) is 5.82 Å². The van der Waals surface area contributed by atoms with Gasteiger partial charge in [-0.1, -0.05) is 24.3 Å². The molecule has 2 atom stereocenters. The number of hydrogen-bond acceptors (Lipinski definition) is 2. The van der Waals surface area contributed by atoms with E-state index in [-0.39, 0.29) is 17.8 Å². The molecule has 0 unspecified atom stereocenters. The Balaban J connectivity index is 1.62. The molecule has 2 fully saturated rings. The SMILES string of the molecule is C[C@@H]1C(=O)N2CCC[C@H]2CN1CC=Cc1ccc(F)cc1. The Bertz CT molecular complexity index is 540. The first-order valence-corrected chi connectivity index (χ1v) is 7.62. The van der Waals surface area contributed by atoms with E-state index in [4.69, 9.17) is 0 Å². The van der Waals surface area contributed by atoms with Crippen LogP contribution >= 0.6 is 0 Å². The number of hydrogen-bond donors (Lipinski definition) is 0. The summed E-state index contributed by atoms with van der Waals surface area (Å²) in [4.78, 5) is 16.6. The summed E-state index contributed by atoms with van der Waals surface area (Å²) < 4.78 is 12.8. The molecule has 1 amide bonds. The maximum Gasteiger partial charge on any atom is 0.239 e. The molecule has 0 radical (unpaired) electrons. The van der Waals surface area contributed by atoms with Crippen LogP contribution < -0.4 is 0 Å². The Morgan fingerprint density at radius 2 is 2.10 bits per heavy atom. The standard InChI is InChI=1S/C17H21FN2O/c1-13-17(21)20-11-3-5-16(20)12-19(13)10-2-4-14-6-8-15(18)9-7-14/h2,4,6-9,13,16H,3,5,10-12H2,1H3/t13-,16+/m1/s1. The van der Waals surface area contributed by atoms with Crippen molar-refractivity contribution in [2.45, 2.75) is 31.8 Å². The predicted octanol–water partition coefficient (Wildman–Crippen LogP) is 2.53. The highest BCUT2D eigenvalue weighted by Crippen LogP contribution is 2.25. The van der Waals surface area contributed by atoms with E-state index in [1.54, 1.807) is 12.1 Å². The predicted molar refractivity (Wildman–Crippen MR) is 81.2 cm³/mol. The van der Waals surface area contributed by atoms with E-state index < -0.39 is 0 Å². The van der Waals surface area contributed by atoms with Crippen LogP contribution in [0.25, 0.3) is 6.08 Å². The molecule has 21 heavy (non-hydrogen) atoms. The summed E-state index contributed by atoms with van der Waals surface area (Å²) in [5.74, 6) is 0.0441.